The van der Waals surface area contributed by atoms with E-state index in [1.165, 1.54) is 0 Å². The van der Waals surface area contributed by atoms with Gasteiger partial charge in [0.25, 0.3) is 0 Å². The number of carbonyl (C=O) groups is 1. The highest BCUT2D eigenvalue weighted by Crippen LogP contribution is 2.32. The van der Waals surface area contributed by atoms with Crippen molar-refractivity contribution in [2.75, 3.05) is 24.5 Å². The molecule has 2 unspecified atom stereocenters. The number of amides is 1. The third-order valence-corrected chi connectivity index (χ3v) is 4.77. The molecule has 5 heteroatoms. The van der Waals surface area contributed by atoms with Gasteiger partial charge in [-0.05, 0) is 31.5 Å². The molecule has 0 radical (unpaired) electrons. The Morgan fingerprint density at radius 1 is 1.40 bits per heavy atom. The zero-order valence-corrected chi connectivity index (χ0v) is 13.1. The summed E-state index contributed by atoms with van der Waals surface area (Å²) in [5.74, 6) is 0.293. The van der Waals surface area contributed by atoms with Gasteiger partial charge in [0.05, 0.1) is 6.10 Å². The predicted molar refractivity (Wildman–Crippen MR) is 81.7 cm³/mol. The normalized spacial score (nSPS) is 23.9. The van der Waals surface area contributed by atoms with Gasteiger partial charge in [-0.1, -0.05) is 15.9 Å². The second kappa shape index (κ2) is 5.37. The van der Waals surface area contributed by atoms with Gasteiger partial charge in [-0.2, -0.15) is 0 Å². The van der Waals surface area contributed by atoms with Crippen LogP contribution in [0.3, 0.4) is 0 Å². The van der Waals surface area contributed by atoms with Crippen LogP contribution in [0.2, 0.25) is 0 Å². The van der Waals surface area contributed by atoms with Crippen molar-refractivity contribution < 1.29 is 9.90 Å². The fourth-order valence-corrected chi connectivity index (χ4v) is 3.61. The first kappa shape index (κ1) is 13.9. The molecule has 2 fully saturated rings. The van der Waals surface area contributed by atoms with E-state index in [9.17, 15) is 9.90 Å². The highest BCUT2D eigenvalue weighted by molar-refractivity contribution is 9.10. The molecule has 108 valence electrons. The van der Waals surface area contributed by atoms with Crippen LogP contribution >= 0.6 is 15.9 Å². The Kier molecular flexibility index (Phi) is 3.73. The molecule has 2 aliphatic heterocycles. The minimum atomic E-state index is -0.495. The molecule has 0 spiro atoms. The molecule has 0 aliphatic carbocycles. The summed E-state index contributed by atoms with van der Waals surface area (Å²) < 4.78 is 0.979. The number of carbonyl (C=O) groups excluding carboxylic acids is 1. The SMILES string of the molecule is CC(O)c1cc(Br)ccc1N1CCN2C(=O)CCC2C1. The van der Waals surface area contributed by atoms with E-state index in [2.05, 4.69) is 26.9 Å². The Bertz CT molecular complexity index is 533. The number of rotatable bonds is 2. The van der Waals surface area contributed by atoms with Crippen molar-refractivity contribution in [2.45, 2.75) is 31.9 Å². The summed E-state index contributed by atoms with van der Waals surface area (Å²) in [5.41, 5.74) is 2.03. The zero-order valence-electron chi connectivity index (χ0n) is 11.6. The van der Waals surface area contributed by atoms with Crippen LogP contribution in [0.25, 0.3) is 0 Å². The number of aliphatic hydroxyl groups is 1. The second-order valence-corrected chi connectivity index (χ2v) is 6.52. The number of hydrogen-bond acceptors (Lipinski definition) is 3. The summed E-state index contributed by atoms with van der Waals surface area (Å²) >= 11 is 3.46. The number of piperazine rings is 1. The van der Waals surface area contributed by atoms with Crippen LogP contribution in [0.4, 0.5) is 5.69 Å². The fraction of sp³-hybridized carbons (Fsp3) is 0.533. The molecule has 2 aliphatic rings. The molecular formula is C15H19BrN2O2. The lowest BCUT2D eigenvalue weighted by atomic mass is 10.0. The van der Waals surface area contributed by atoms with Crippen LogP contribution in [0, 0.1) is 0 Å². The van der Waals surface area contributed by atoms with Crippen molar-refractivity contribution in [3.63, 3.8) is 0 Å². The van der Waals surface area contributed by atoms with E-state index in [1.54, 1.807) is 6.92 Å². The van der Waals surface area contributed by atoms with E-state index in [0.717, 1.165) is 41.8 Å². The number of nitrogens with zero attached hydrogens (tertiary/aromatic N) is 2. The summed E-state index contributed by atoms with van der Waals surface area (Å²) in [5, 5.41) is 9.98. The van der Waals surface area contributed by atoms with E-state index in [1.807, 2.05) is 17.0 Å². The number of aliphatic hydroxyl groups excluding tert-OH is 1. The van der Waals surface area contributed by atoms with Crippen LogP contribution in [0.15, 0.2) is 22.7 Å². The first-order valence-corrected chi connectivity index (χ1v) is 7.87. The Morgan fingerprint density at radius 2 is 2.20 bits per heavy atom. The first-order valence-electron chi connectivity index (χ1n) is 7.08. The van der Waals surface area contributed by atoms with Crippen molar-refractivity contribution in [3.8, 4) is 0 Å². The van der Waals surface area contributed by atoms with Crippen molar-refractivity contribution >= 4 is 27.5 Å². The van der Waals surface area contributed by atoms with Crippen LogP contribution in [0.5, 0.6) is 0 Å². The van der Waals surface area contributed by atoms with Gasteiger partial charge in [-0.15, -0.1) is 0 Å². The van der Waals surface area contributed by atoms with Crippen LogP contribution < -0.4 is 4.90 Å². The molecule has 4 nitrogen and oxygen atoms in total. The summed E-state index contributed by atoms with van der Waals surface area (Å²) in [6.45, 7) is 4.29. The van der Waals surface area contributed by atoms with Crippen molar-refractivity contribution in [1.29, 1.82) is 0 Å². The van der Waals surface area contributed by atoms with Crippen molar-refractivity contribution in [1.82, 2.24) is 4.90 Å². The molecule has 0 saturated carbocycles. The summed E-state index contributed by atoms with van der Waals surface area (Å²) in [4.78, 5) is 16.0. The lowest BCUT2D eigenvalue weighted by molar-refractivity contribution is -0.129. The van der Waals surface area contributed by atoms with E-state index in [4.69, 9.17) is 0 Å². The maximum atomic E-state index is 11.7. The lowest BCUT2D eigenvalue weighted by Gasteiger charge is -2.39. The monoisotopic (exact) mass is 338 g/mol. The van der Waals surface area contributed by atoms with Gasteiger partial charge in [0.15, 0.2) is 0 Å². The third-order valence-electron chi connectivity index (χ3n) is 4.27. The fourth-order valence-electron chi connectivity index (χ4n) is 3.23. The summed E-state index contributed by atoms with van der Waals surface area (Å²) in [7, 11) is 0. The van der Waals surface area contributed by atoms with Gasteiger partial charge in [0, 0.05) is 47.8 Å². The Morgan fingerprint density at radius 3 is 2.95 bits per heavy atom. The first-order chi connectivity index (χ1) is 9.56. The third kappa shape index (κ3) is 2.44. The highest BCUT2D eigenvalue weighted by atomic mass is 79.9. The Balaban J connectivity index is 1.85. The van der Waals surface area contributed by atoms with Crippen molar-refractivity contribution in [3.05, 3.63) is 28.2 Å². The smallest absolute Gasteiger partial charge is 0.223 e. The minimum Gasteiger partial charge on any atom is -0.389 e. The Labute approximate surface area is 127 Å². The van der Waals surface area contributed by atoms with Gasteiger partial charge in [-0.3, -0.25) is 4.79 Å². The molecular weight excluding hydrogens is 320 g/mol. The van der Waals surface area contributed by atoms with Crippen LogP contribution in [-0.4, -0.2) is 41.6 Å². The molecule has 1 amide bonds. The van der Waals surface area contributed by atoms with Gasteiger partial charge < -0.3 is 14.9 Å². The van der Waals surface area contributed by atoms with Gasteiger partial charge >= 0.3 is 0 Å². The van der Waals surface area contributed by atoms with Gasteiger partial charge in [-0.25, -0.2) is 0 Å². The number of hydrogen-bond donors (Lipinski definition) is 1. The number of anilines is 1. The molecule has 2 saturated heterocycles. The van der Waals surface area contributed by atoms with Gasteiger partial charge in [0.1, 0.15) is 0 Å². The average molecular weight is 339 g/mol. The van der Waals surface area contributed by atoms with Crippen LogP contribution in [-0.2, 0) is 4.79 Å². The molecule has 1 aromatic carbocycles. The van der Waals surface area contributed by atoms with Crippen molar-refractivity contribution in [2.24, 2.45) is 0 Å². The average Bonchev–Trinajstić information content (AvgIpc) is 2.80. The van der Waals surface area contributed by atoms with Gasteiger partial charge in [0.2, 0.25) is 5.91 Å². The van der Waals surface area contributed by atoms with E-state index >= 15 is 0 Å². The number of benzene rings is 1. The molecule has 2 atom stereocenters. The molecule has 3 rings (SSSR count). The summed E-state index contributed by atoms with van der Waals surface area (Å²) in [6, 6.07) is 6.37. The highest BCUT2D eigenvalue weighted by Gasteiger charge is 2.36. The molecule has 20 heavy (non-hydrogen) atoms. The Hall–Kier alpha value is -1.07. The summed E-state index contributed by atoms with van der Waals surface area (Å²) in [6.07, 6.45) is 1.14. The van der Waals surface area contributed by atoms with Crippen LogP contribution in [0.1, 0.15) is 31.4 Å². The minimum absolute atomic E-state index is 0.293. The largest absolute Gasteiger partial charge is 0.389 e. The lowest BCUT2D eigenvalue weighted by Crippen LogP contribution is -2.51. The molecule has 0 bridgehead atoms. The zero-order chi connectivity index (χ0) is 14.3. The van der Waals surface area contributed by atoms with E-state index < -0.39 is 6.10 Å². The van der Waals surface area contributed by atoms with E-state index in [-0.39, 0.29) is 0 Å². The number of fused-ring (bicyclic) bond motifs is 1. The second-order valence-electron chi connectivity index (χ2n) is 5.60. The molecule has 2 heterocycles. The number of halogens is 1. The van der Waals surface area contributed by atoms with E-state index in [0.29, 0.717) is 18.4 Å². The molecule has 0 aromatic heterocycles. The topological polar surface area (TPSA) is 43.8 Å². The maximum absolute atomic E-state index is 11.7. The molecule has 1 N–H and O–H groups in total. The maximum Gasteiger partial charge on any atom is 0.223 e. The molecule has 1 aromatic rings. The predicted octanol–water partition coefficient (Wildman–Crippen LogP) is 2.31. The quantitative estimate of drug-likeness (QED) is 0.899. The standard InChI is InChI=1S/C15H19BrN2O2/c1-10(19)13-8-11(16)2-4-14(13)17-6-7-18-12(9-17)3-5-15(18)20/h2,4,8,10,12,19H,3,5-7,9H2,1H3.